The van der Waals surface area contributed by atoms with Gasteiger partial charge < -0.3 is 5.32 Å². The van der Waals surface area contributed by atoms with Gasteiger partial charge in [-0.1, -0.05) is 46.1 Å². The summed E-state index contributed by atoms with van der Waals surface area (Å²) in [6.45, 7) is 10.1. The number of rotatable bonds is 9. The number of amides is 1. The molecule has 0 heterocycles. The van der Waals surface area contributed by atoms with Crippen molar-refractivity contribution in [3.8, 4) is 0 Å². The third-order valence-electron chi connectivity index (χ3n) is 3.17. The van der Waals surface area contributed by atoms with Gasteiger partial charge in [0.1, 0.15) is 0 Å². The van der Waals surface area contributed by atoms with Gasteiger partial charge in [-0.25, -0.2) is 0 Å². The fraction of sp³-hybridized carbons (Fsp3) is 0.714. The third-order valence-corrected chi connectivity index (χ3v) is 3.17. The lowest BCUT2D eigenvalue weighted by Gasteiger charge is -2.20. The Kier molecular flexibility index (Phi) is 8.38. The molecule has 0 aromatic carbocycles. The topological polar surface area (TPSA) is 46.2 Å². The summed E-state index contributed by atoms with van der Waals surface area (Å²) in [7, 11) is 0. The first-order chi connectivity index (χ1) is 8.08. The lowest BCUT2D eigenvalue weighted by molar-refractivity contribution is -0.141. The normalized spacial score (nSPS) is 13.8. The molecule has 17 heavy (non-hydrogen) atoms. The highest BCUT2D eigenvalue weighted by Crippen LogP contribution is 2.22. The maximum atomic E-state index is 12.0. The van der Waals surface area contributed by atoms with Crippen molar-refractivity contribution in [3.63, 3.8) is 0 Å². The number of nitrogens with one attached hydrogen (secondary N) is 1. The fourth-order valence-corrected chi connectivity index (χ4v) is 1.80. The molecule has 0 saturated carbocycles. The van der Waals surface area contributed by atoms with Crippen LogP contribution in [-0.4, -0.2) is 18.2 Å². The molecule has 0 radical (unpaired) electrons. The quantitative estimate of drug-likeness (QED) is 0.497. The smallest absolute Gasteiger partial charge is 0.287 e. The van der Waals surface area contributed by atoms with Gasteiger partial charge in [0.15, 0.2) is 0 Å². The molecular weight excluding hydrogens is 214 g/mol. The zero-order valence-electron chi connectivity index (χ0n) is 11.3. The SMILES string of the molecule is C=CCNC(=O)C(=O)C(CCCC)C(C)CC. The molecule has 0 aliphatic heterocycles. The van der Waals surface area contributed by atoms with Crippen LogP contribution in [0.2, 0.25) is 0 Å². The van der Waals surface area contributed by atoms with Crippen LogP contribution < -0.4 is 5.32 Å². The minimum Gasteiger partial charge on any atom is -0.346 e. The Balaban J connectivity index is 4.49. The van der Waals surface area contributed by atoms with Crippen LogP contribution in [0.1, 0.15) is 46.5 Å². The molecule has 0 spiro atoms. The van der Waals surface area contributed by atoms with Gasteiger partial charge >= 0.3 is 0 Å². The molecule has 3 heteroatoms. The van der Waals surface area contributed by atoms with Crippen molar-refractivity contribution in [1.29, 1.82) is 0 Å². The summed E-state index contributed by atoms with van der Waals surface area (Å²) < 4.78 is 0. The zero-order chi connectivity index (χ0) is 13.3. The minimum absolute atomic E-state index is 0.134. The monoisotopic (exact) mass is 239 g/mol. The largest absolute Gasteiger partial charge is 0.346 e. The van der Waals surface area contributed by atoms with Crippen molar-refractivity contribution >= 4 is 11.7 Å². The van der Waals surface area contributed by atoms with E-state index in [-0.39, 0.29) is 17.6 Å². The molecule has 0 aromatic rings. The first kappa shape index (κ1) is 15.9. The summed E-state index contributed by atoms with van der Waals surface area (Å²) in [6, 6.07) is 0. The highest BCUT2D eigenvalue weighted by Gasteiger charge is 2.28. The summed E-state index contributed by atoms with van der Waals surface area (Å²) in [4.78, 5) is 23.6. The fourth-order valence-electron chi connectivity index (χ4n) is 1.80. The number of ketones is 1. The van der Waals surface area contributed by atoms with E-state index in [0.29, 0.717) is 6.54 Å². The maximum absolute atomic E-state index is 12.0. The average molecular weight is 239 g/mol. The van der Waals surface area contributed by atoms with Gasteiger partial charge in [0, 0.05) is 12.5 Å². The molecule has 3 nitrogen and oxygen atoms in total. The molecule has 0 bridgehead atoms. The Morgan fingerprint density at radius 3 is 2.47 bits per heavy atom. The third kappa shape index (κ3) is 5.66. The number of carbonyl (C=O) groups excluding carboxylic acids is 2. The van der Waals surface area contributed by atoms with Gasteiger partial charge in [-0.15, -0.1) is 6.58 Å². The van der Waals surface area contributed by atoms with Gasteiger partial charge in [0.25, 0.3) is 5.91 Å². The maximum Gasteiger partial charge on any atom is 0.287 e. The number of carbonyl (C=O) groups is 2. The van der Waals surface area contributed by atoms with Gasteiger partial charge in [0.2, 0.25) is 5.78 Å². The van der Waals surface area contributed by atoms with Crippen LogP contribution in [0.5, 0.6) is 0 Å². The van der Waals surface area contributed by atoms with Crippen molar-refractivity contribution in [2.75, 3.05) is 6.54 Å². The summed E-state index contributed by atoms with van der Waals surface area (Å²) in [5, 5.41) is 2.56. The van der Waals surface area contributed by atoms with Crippen molar-refractivity contribution in [1.82, 2.24) is 5.32 Å². The zero-order valence-corrected chi connectivity index (χ0v) is 11.3. The van der Waals surface area contributed by atoms with Gasteiger partial charge in [-0.3, -0.25) is 9.59 Å². The standard InChI is InChI=1S/C14H25NO2/c1-5-8-9-12(11(4)7-3)13(16)14(17)15-10-6-2/h6,11-12H,2,5,7-10H2,1,3-4H3,(H,15,17). The number of hydrogen-bond acceptors (Lipinski definition) is 2. The molecule has 0 aromatic heterocycles. The van der Waals surface area contributed by atoms with Crippen molar-refractivity contribution in [2.24, 2.45) is 11.8 Å². The molecule has 2 unspecified atom stereocenters. The summed E-state index contributed by atoms with van der Waals surface area (Å²) >= 11 is 0. The second-order valence-electron chi connectivity index (χ2n) is 4.50. The van der Waals surface area contributed by atoms with E-state index in [0.717, 1.165) is 25.7 Å². The number of hydrogen-bond donors (Lipinski definition) is 1. The summed E-state index contributed by atoms with van der Waals surface area (Å²) in [5.74, 6) is -0.603. The van der Waals surface area contributed by atoms with Crippen LogP contribution in [0.3, 0.4) is 0 Å². The molecule has 0 saturated heterocycles. The van der Waals surface area contributed by atoms with Crippen LogP contribution >= 0.6 is 0 Å². The summed E-state index contributed by atoms with van der Waals surface area (Å²) in [5.41, 5.74) is 0. The molecule has 0 aliphatic rings. The van der Waals surface area contributed by atoms with Gasteiger partial charge in [0.05, 0.1) is 0 Å². The van der Waals surface area contributed by atoms with Crippen LogP contribution in [0.4, 0.5) is 0 Å². The number of Topliss-reactive ketones (excluding diaryl/α,β-unsaturated/α-hetero) is 1. The van der Waals surface area contributed by atoms with Crippen molar-refractivity contribution in [2.45, 2.75) is 46.5 Å². The molecule has 0 fully saturated rings. The Bertz CT molecular complexity index is 261. The lowest BCUT2D eigenvalue weighted by atomic mass is 9.84. The lowest BCUT2D eigenvalue weighted by Crippen LogP contribution is -2.37. The highest BCUT2D eigenvalue weighted by molar-refractivity contribution is 6.37. The Hall–Kier alpha value is -1.12. The van der Waals surface area contributed by atoms with Crippen molar-refractivity contribution in [3.05, 3.63) is 12.7 Å². The van der Waals surface area contributed by atoms with E-state index < -0.39 is 5.91 Å². The van der Waals surface area contributed by atoms with E-state index in [9.17, 15) is 9.59 Å². The Labute approximate surface area is 105 Å². The predicted octanol–water partition coefficient (Wildman–Crippen LogP) is 2.71. The van der Waals surface area contributed by atoms with Crippen LogP contribution in [0.25, 0.3) is 0 Å². The van der Waals surface area contributed by atoms with Gasteiger partial charge in [-0.05, 0) is 12.3 Å². The van der Waals surface area contributed by atoms with E-state index in [4.69, 9.17) is 0 Å². The van der Waals surface area contributed by atoms with E-state index in [2.05, 4.69) is 25.7 Å². The first-order valence-electron chi connectivity index (χ1n) is 6.51. The predicted molar refractivity (Wildman–Crippen MR) is 70.7 cm³/mol. The molecule has 0 rings (SSSR count). The number of unbranched alkanes of at least 4 members (excludes halogenated alkanes) is 1. The van der Waals surface area contributed by atoms with Crippen LogP contribution in [-0.2, 0) is 9.59 Å². The van der Waals surface area contributed by atoms with E-state index in [1.165, 1.54) is 0 Å². The molecule has 98 valence electrons. The first-order valence-corrected chi connectivity index (χ1v) is 6.51. The van der Waals surface area contributed by atoms with Gasteiger partial charge in [-0.2, -0.15) is 0 Å². The molecule has 1 amide bonds. The Morgan fingerprint density at radius 2 is 2.00 bits per heavy atom. The minimum atomic E-state index is -0.466. The molecule has 0 aliphatic carbocycles. The highest BCUT2D eigenvalue weighted by atomic mass is 16.2. The molecule has 1 N–H and O–H groups in total. The summed E-state index contributed by atoms with van der Waals surface area (Å²) in [6.07, 6.45) is 5.36. The van der Waals surface area contributed by atoms with Crippen LogP contribution in [0.15, 0.2) is 12.7 Å². The van der Waals surface area contributed by atoms with E-state index >= 15 is 0 Å². The second kappa shape index (κ2) is 8.97. The van der Waals surface area contributed by atoms with Crippen molar-refractivity contribution < 1.29 is 9.59 Å². The Morgan fingerprint density at radius 1 is 1.35 bits per heavy atom. The molecule has 2 atom stereocenters. The van der Waals surface area contributed by atoms with E-state index in [1.807, 2.05) is 6.92 Å². The van der Waals surface area contributed by atoms with E-state index in [1.54, 1.807) is 6.08 Å². The average Bonchev–Trinajstić information content (AvgIpc) is 2.35. The van der Waals surface area contributed by atoms with Crippen LogP contribution in [0, 0.1) is 11.8 Å². The molecular formula is C14H25NO2. The second-order valence-corrected chi connectivity index (χ2v) is 4.50.